The third kappa shape index (κ3) is 1.59. The van der Waals surface area contributed by atoms with E-state index in [1.54, 1.807) is 18.2 Å². The molecule has 3 nitrogen and oxygen atoms in total. The van der Waals surface area contributed by atoms with Gasteiger partial charge in [-0.15, -0.1) is 0 Å². The molecule has 2 aromatic rings. The molecule has 0 N–H and O–H groups in total. The van der Waals surface area contributed by atoms with Crippen molar-refractivity contribution >= 4 is 0 Å². The molecule has 0 aromatic carbocycles. The minimum atomic E-state index is 0.396. The zero-order valence-electron chi connectivity index (χ0n) is 7.31. The largest absolute Gasteiger partial charge is 0.245 e. The molecule has 3 heteroatoms. The molecule has 0 aliphatic heterocycles. The molecule has 1 radical (unpaired) electrons. The zero-order chi connectivity index (χ0) is 9.80. The second-order valence-corrected chi connectivity index (χ2v) is 2.67. The molecular weight excluding hydrogens is 174 g/mol. The first-order chi connectivity index (χ1) is 6.90. The van der Waals surface area contributed by atoms with Crippen molar-refractivity contribution in [3.8, 4) is 17.5 Å². The molecule has 0 saturated carbocycles. The van der Waals surface area contributed by atoms with Crippen LogP contribution in [-0.2, 0) is 0 Å². The van der Waals surface area contributed by atoms with E-state index in [0.717, 1.165) is 5.69 Å². The Bertz CT molecular complexity index is 471. The fraction of sp³-hybridized carbons (Fsp3) is 0. The summed E-state index contributed by atoms with van der Waals surface area (Å²) in [6, 6.07) is 12.6. The van der Waals surface area contributed by atoms with Crippen LogP contribution < -0.4 is 0 Å². The van der Waals surface area contributed by atoms with Crippen LogP contribution in [0.3, 0.4) is 0 Å². The van der Waals surface area contributed by atoms with Crippen LogP contribution in [0.4, 0.5) is 0 Å². The first-order valence-electron chi connectivity index (χ1n) is 4.11. The van der Waals surface area contributed by atoms with E-state index in [1.807, 2.05) is 24.3 Å². The average Bonchev–Trinajstić information content (AvgIpc) is 2.30. The second-order valence-electron chi connectivity index (χ2n) is 2.67. The molecule has 2 rings (SSSR count). The Balaban J connectivity index is 2.49. The van der Waals surface area contributed by atoms with Gasteiger partial charge >= 0.3 is 0 Å². The summed E-state index contributed by atoms with van der Waals surface area (Å²) < 4.78 is 0. The summed E-state index contributed by atoms with van der Waals surface area (Å²) in [6.45, 7) is 0. The molecule has 0 aliphatic carbocycles. The summed E-state index contributed by atoms with van der Waals surface area (Å²) in [6.07, 6.45) is 2.72. The first-order valence-corrected chi connectivity index (χ1v) is 4.11. The second kappa shape index (κ2) is 3.67. The van der Waals surface area contributed by atoms with Gasteiger partial charge in [-0.3, -0.25) is 0 Å². The van der Waals surface area contributed by atoms with Gasteiger partial charge in [-0.25, -0.2) is 9.97 Å². The number of nitriles is 1. The average molecular weight is 180 g/mol. The van der Waals surface area contributed by atoms with Gasteiger partial charge in [-0.1, -0.05) is 12.1 Å². The number of nitrogens with zero attached hydrogens (tertiary/aromatic N) is 3. The highest BCUT2D eigenvalue weighted by molar-refractivity contribution is 5.54. The molecule has 0 aliphatic rings. The predicted octanol–water partition coefficient (Wildman–Crippen LogP) is 1.82. The van der Waals surface area contributed by atoms with Gasteiger partial charge in [-0.2, -0.15) is 5.26 Å². The lowest BCUT2D eigenvalue weighted by Gasteiger charge is -1.97. The summed E-state index contributed by atoms with van der Waals surface area (Å²) in [5.74, 6) is 0. The Hall–Kier alpha value is -2.21. The molecule has 0 saturated heterocycles. The highest BCUT2D eigenvalue weighted by Gasteiger charge is 2.00. The van der Waals surface area contributed by atoms with Crippen molar-refractivity contribution in [2.24, 2.45) is 0 Å². The van der Waals surface area contributed by atoms with Gasteiger partial charge in [-0.05, 0) is 24.3 Å². The van der Waals surface area contributed by atoms with E-state index >= 15 is 0 Å². The minimum Gasteiger partial charge on any atom is -0.245 e. The van der Waals surface area contributed by atoms with Crippen LogP contribution in [0.2, 0.25) is 0 Å². The molecule has 0 fully saturated rings. The molecule has 14 heavy (non-hydrogen) atoms. The van der Waals surface area contributed by atoms with E-state index in [2.05, 4.69) is 16.2 Å². The maximum absolute atomic E-state index is 8.67. The fourth-order valence-electron chi connectivity index (χ4n) is 1.11. The zero-order valence-corrected chi connectivity index (χ0v) is 7.31. The lowest BCUT2D eigenvalue weighted by atomic mass is 10.2. The highest BCUT2D eigenvalue weighted by atomic mass is 14.8. The fourth-order valence-corrected chi connectivity index (χ4v) is 1.11. The molecule has 0 amide bonds. The van der Waals surface area contributed by atoms with Crippen molar-refractivity contribution in [2.75, 3.05) is 0 Å². The van der Waals surface area contributed by atoms with Gasteiger partial charge in [0.25, 0.3) is 0 Å². The van der Waals surface area contributed by atoms with Gasteiger partial charge in [0.15, 0.2) is 0 Å². The summed E-state index contributed by atoms with van der Waals surface area (Å²) >= 11 is 0. The molecule has 2 aromatic heterocycles. The summed E-state index contributed by atoms with van der Waals surface area (Å²) in [5.41, 5.74) is 1.82. The highest BCUT2D eigenvalue weighted by Crippen LogP contribution is 2.12. The Morgan fingerprint density at radius 3 is 2.71 bits per heavy atom. The lowest BCUT2D eigenvalue weighted by molar-refractivity contribution is 1.21. The lowest BCUT2D eigenvalue weighted by Crippen LogP contribution is -1.88. The normalized spacial score (nSPS) is 9.36. The van der Waals surface area contributed by atoms with E-state index in [4.69, 9.17) is 5.26 Å². The molecule has 0 spiro atoms. The first kappa shape index (κ1) is 8.39. The SMILES string of the molecule is N#Cc1cccc(-c2ccc[c]n2)n1. The topological polar surface area (TPSA) is 49.6 Å². The van der Waals surface area contributed by atoms with E-state index in [9.17, 15) is 0 Å². The molecule has 0 unspecified atom stereocenters. The summed E-state index contributed by atoms with van der Waals surface area (Å²) in [7, 11) is 0. The van der Waals surface area contributed by atoms with Crippen LogP contribution >= 0.6 is 0 Å². The van der Waals surface area contributed by atoms with Crippen molar-refractivity contribution < 1.29 is 0 Å². The van der Waals surface area contributed by atoms with E-state index in [-0.39, 0.29) is 0 Å². The summed E-state index contributed by atoms with van der Waals surface area (Å²) in [4.78, 5) is 8.15. The Morgan fingerprint density at radius 2 is 2.00 bits per heavy atom. The van der Waals surface area contributed by atoms with Gasteiger partial charge in [0.2, 0.25) is 0 Å². The molecule has 2 heterocycles. The third-order valence-electron chi connectivity index (χ3n) is 1.74. The number of rotatable bonds is 1. The van der Waals surface area contributed by atoms with Crippen LogP contribution in [0.15, 0.2) is 36.4 Å². The summed E-state index contributed by atoms with van der Waals surface area (Å²) in [5, 5.41) is 8.67. The number of hydrogen-bond donors (Lipinski definition) is 0. The Morgan fingerprint density at radius 1 is 1.14 bits per heavy atom. The van der Waals surface area contributed by atoms with Gasteiger partial charge in [0.05, 0.1) is 17.6 Å². The molecule has 65 valence electrons. The standard InChI is InChI=1S/C11H6N3/c12-8-9-4-3-6-11(14-9)10-5-1-2-7-13-10/h1-6H. The van der Waals surface area contributed by atoms with E-state index < -0.39 is 0 Å². The quantitative estimate of drug-likeness (QED) is 0.672. The molecule has 0 bridgehead atoms. The monoisotopic (exact) mass is 180 g/mol. The minimum absolute atomic E-state index is 0.396. The smallest absolute Gasteiger partial charge is 0.141 e. The van der Waals surface area contributed by atoms with Crippen LogP contribution in [0.25, 0.3) is 11.4 Å². The maximum atomic E-state index is 8.67. The third-order valence-corrected chi connectivity index (χ3v) is 1.74. The maximum Gasteiger partial charge on any atom is 0.141 e. The number of hydrogen-bond acceptors (Lipinski definition) is 3. The van der Waals surface area contributed by atoms with Gasteiger partial charge in [0, 0.05) is 0 Å². The molecule has 0 atom stereocenters. The van der Waals surface area contributed by atoms with Gasteiger partial charge < -0.3 is 0 Å². The van der Waals surface area contributed by atoms with Crippen molar-refractivity contribution in [3.63, 3.8) is 0 Å². The Labute approximate surface area is 81.7 Å². The van der Waals surface area contributed by atoms with Crippen LogP contribution in [-0.4, -0.2) is 9.97 Å². The predicted molar refractivity (Wildman–Crippen MR) is 51.0 cm³/mol. The van der Waals surface area contributed by atoms with Crippen molar-refractivity contribution in [3.05, 3.63) is 48.3 Å². The van der Waals surface area contributed by atoms with Crippen molar-refractivity contribution in [1.29, 1.82) is 5.26 Å². The Kier molecular flexibility index (Phi) is 2.20. The van der Waals surface area contributed by atoms with Crippen LogP contribution in [0, 0.1) is 17.5 Å². The van der Waals surface area contributed by atoms with Crippen LogP contribution in [0.5, 0.6) is 0 Å². The van der Waals surface area contributed by atoms with Crippen molar-refractivity contribution in [2.45, 2.75) is 0 Å². The number of pyridine rings is 2. The van der Waals surface area contributed by atoms with E-state index in [0.29, 0.717) is 11.4 Å². The van der Waals surface area contributed by atoms with E-state index in [1.165, 1.54) is 0 Å². The van der Waals surface area contributed by atoms with Crippen LogP contribution in [0.1, 0.15) is 5.69 Å². The van der Waals surface area contributed by atoms with Crippen molar-refractivity contribution in [1.82, 2.24) is 9.97 Å². The number of aromatic nitrogens is 2. The van der Waals surface area contributed by atoms with Gasteiger partial charge in [0.1, 0.15) is 11.8 Å². The molecular formula is C11H6N3.